The van der Waals surface area contributed by atoms with E-state index in [1.165, 1.54) is 5.56 Å². The fourth-order valence-electron chi connectivity index (χ4n) is 2.16. The number of rotatable bonds is 3. The first kappa shape index (κ1) is 13.2. The third-order valence-electron chi connectivity index (χ3n) is 3.24. The summed E-state index contributed by atoms with van der Waals surface area (Å²) >= 11 is 3.45. The lowest BCUT2D eigenvalue weighted by Gasteiger charge is -2.26. The first-order valence-electron chi connectivity index (χ1n) is 6.01. The summed E-state index contributed by atoms with van der Waals surface area (Å²) in [5, 5.41) is 3.63. The second-order valence-electron chi connectivity index (χ2n) is 4.56. The van der Waals surface area contributed by atoms with Crippen LogP contribution in [0, 0.1) is 0 Å². The largest absolute Gasteiger partial charge is 0.307 e. The molecule has 1 aromatic carbocycles. The van der Waals surface area contributed by atoms with Crippen LogP contribution in [-0.4, -0.2) is 21.8 Å². The second-order valence-corrected chi connectivity index (χ2v) is 7.17. The molecule has 17 heavy (non-hydrogen) atoms. The quantitative estimate of drug-likeness (QED) is 0.929. The predicted molar refractivity (Wildman–Crippen MR) is 76.6 cm³/mol. The molecule has 0 amide bonds. The van der Waals surface area contributed by atoms with Gasteiger partial charge in [0.15, 0.2) is 0 Å². The van der Waals surface area contributed by atoms with Crippen LogP contribution in [0.15, 0.2) is 28.7 Å². The van der Waals surface area contributed by atoms with Gasteiger partial charge in [-0.25, -0.2) is 0 Å². The van der Waals surface area contributed by atoms with Gasteiger partial charge in [0.05, 0.1) is 0 Å². The maximum absolute atomic E-state index is 11.3. The number of hydrogen-bond donors (Lipinski definition) is 1. The maximum Gasteiger partial charge on any atom is 0.0294 e. The van der Waals surface area contributed by atoms with Gasteiger partial charge in [-0.3, -0.25) is 4.21 Å². The summed E-state index contributed by atoms with van der Waals surface area (Å²) in [6.07, 6.45) is 2.07. The number of benzene rings is 1. The van der Waals surface area contributed by atoms with Gasteiger partial charge in [0.1, 0.15) is 0 Å². The third-order valence-corrected chi connectivity index (χ3v) is 5.15. The molecule has 1 saturated heterocycles. The molecule has 4 heteroatoms. The van der Waals surface area contributed by atoms with Gasteiger partial charge in [-0.2, -0.15) is 0 Å². The van der Waals surface area contributed by atoms with Crippen molar-refractivity contribution in [2.75, 3.05) is 11.5 Å². The van der Waals surface area contributed by atoms with E-state index >= 15 is 0 Å². The van der Waals surface area contributed by atoms with Crippen molar-refractivity contribution in [2.24, 2.45) is 0 Å². The highest BCUT2D eigenvalue weighted by atomic mass is 79.9. The zero-order valence-corrected chi connectivity index (χ0v) is 12.4. The molecule has 0 saturated carbocycles. The molecule has 2 nitrogen and oxygen atoms in total. The Labute approximate surface area is 114 Å². The van der Waals surface area contributed by atoms with E-state index in [-0.39, 0.29) is 0 Å². The van der Waals surface area contributed by atoms with Gasteiger partial charge in [-0.1, -0.05) is 28.1 Å². The van der Waals surface area contributed by atoms with Crippen molar-refractivity contribution in [3.8, 4) is 0 Å². The summed E-state index contributed by atoms with van der Waals surface area (Å²) in [6, 6.07) is 9.31. The van der Waals surface area contributed by atoms with Gasteiger partial charge < -0.3 is 5.32 Å². The number of hydrogen-bond acceptors (Lipinski definition) is 2. The van der Waals surface area contributed by atoms with E-state index in [9.17, 15) is 4.21 Å². The smallest absolute Gasteiger partial charge is 0.0294 e. The van der Waals surface area contributed by atoms with E-state index in [4.69, 9.17) is 0 Å². The minimum Gasteiger partial charge on any atom is -0.307 e. The Morgan fingerprint density at radius 2 is 1.88 bits per heavy atom. The summed E-state index contributed by atoms with van der Waals surface area (Å²) in [4.78, 5) is 0. The summed E-state index contributed by atoms with van der Waals surface area (Å²) in [5.41, 5.74) is 1.31. The molecular formula is C13H18BrNOS. The molecular weight excluding hydrogens is 298 g/mol. The average molecular weight is 316 g/mol. The number of nitrogens with one attached hydrogen (secondary N) is 1. The van der Waals surface area contributed by atoms with E-state index in [0.29, 0.717) is 12.1 Å². The molecule has 0 aromatic heterocycles. The van der Waals surface area contributed by atoms with Gasteiger partial charge in [0, 0.05) is 38.9 Å². The van der Waals surface area contributed by atoms with Crippen molar-refractivity contribution in [1.29, 1.82) is 0 Å². The Morgan fingerprint density at radius 3 is 2.47 bits per heavy atom. The van der Waals surface area contributed by atoms with Crippen molar-refractivity contribution in [1.82, 2.24) is 5.32 Å². The summed E-state index contributed by atoms with van der Waals surface area (Å²) in [6.45, 7) is 2.19. The molecule has 0 aliphatic carbocycles. The van der Waals surface area contributed by atoms with Crippen molar-refractivity contribution in [2.45, 2.75) is 31.8 Å². The molecule has 1 fully saturated rings. The summed E-state index contributed by atoms with van der Waals surface area (Å²) in [7, 11) is -0.570. The van der Waals surface area contributed by atoms with Gasteiger partial charge in [0.25, 0.3) is 0 Å². The van der Waals surface area contributed by atoms with Crippen LogP contribution in [0.5, 0.6) is 0 Å². The molecule has 1 aliphatic heterocycles. The standard InChI is InChI=1S/C13H18BrNOS/c1-10(11-2-4-12(14)5-3-11)15-13-6-8-17(16)9-7-13/h2-5,10,13,15H,6-9H2,1H3. The van der Waals surface area contributed by atoms with Crippen LogP contribution in [0.1, 0.15) is 31.4 Å². The molecule has 1 N–H and O–H groups in total. The van der Waals surface area contributed by atoms with Gasteiger partial charge in [-0.05, 0) is 37.5 Å². The van der Waals surface area contributed by atoms with Crippen LogP contribution >= 0.6 is 15.9 Å². The van der Waals surface area contributed by atoms with Gasteiger partial charge in [0.2, 0.25) is 0 Å². The van der Waals surface area contributed by atoms with Crippen LogP contribution in [0.25, 0.3) is 0 Å². The highest BCUT2D eigenvalue weighted by Gasteiger charge is 2.19. The molecule has 1 atom stereocenters. The molecule has 0 radical (unpaired) electrons. The Kier molecular flexibility index (Phi) is 4.77. The molecule has 2 rings (SSSR count). The summed E-state index contributed by atoms with van der Waals surface area (Å²) < 4.78 is 12.4. The molecule has 0 bridgehead atoms. The minimum atomic E-state index is -0.570. The predicted octanol–water partition coefficient (Wildman–Crippen LogP) is 3.01. The van der Waals surface area contributed by atoms with Crippen molar-refractivity contribution < 1.29 is 4.21 Å². The molecule has 0 spiro atoms. The fraction of sp³-hybridized carbons (Fsp3) is 0.538. The second kappa shape index (κ2) is 6.12. The lowest BCUT2D eigenvalue weighted by Crippen LogP contribution is -2.37. The third kappa shape index (κ3) is 3.90. The van der Waals surface area contributed by atoms with E-state index in [2.05, 4.69) is 52.4 Å². The van der Waals surface area contributed by atoms with Crippen LogP contribution < -0.4 is 5.32 Å². The fourth-order valence-corrected chi connectivity index (χ4v) is 3.72. The van der Waals surface area contributed by atoms with Crippen molar-refractivity contribution in [3.05, 3.63) is 34.3 Å². The molecule has 1 unspecified atom stereocenters. The van der Waals surface area contributed by atoms with Crippen LogP contribution in [0.2, 0.25) is 0 Å². The van der Waals surface area contributed by atoms with E-state index in [1.807, 2.05) is 0 Å². The zero-order chi connectivity index (χ0) is 12.3. The Bertz CT molecular complexity index is 383. The first-order chi connectivity index (χ1) is 8.15. The molecule has 1 heterocycles. The normalized spacial score (nSPS) is 26.7. The Morgan fingerprint density at radius 1 is 1.29 bits per heavy atom. The Hall–Kier alpha value is -0.190. The zero-order valence-electron chi connectivity index (χ0n) is 9.99. The van der Waals surface area contributed by atoms with Gasteiger partial charge in [-0.15, -0.1) is 0 Å². The first-order valence-corrected chi connectivity index (χ1v) is 8.30. The average Bonchev–Trinajstić information content (AvgIpc) is 2.33. The Balaban J connectivity index is 1.90. The van der Waals surface area contributed by atoms with Crippen LogP contribution in [0.4, 0.5) is 0 Å². The lowest BCUT2D eigenvalue weighted by molar-refractivity contribution is 0.427. The lowest BCUT2D eigenvalue weighted by atomic mass is 10.1. The van der Waals surface area contributed by atoms with E-state index in [1.54, 1.807) is 0 Å². The number of halogens is 1. The van der Waals surface area contributed by atoms with Crippen molar-refractivity contribution in [3.63, 3.8) is 0 Å². The molecule has 94 valence electrons. The SMILES string of the molecule is CC(NC1CCS(=O)CC1)c1ccc(Br)cc1. The minimum absolute atomic E-state index is 0.361. The highest BCUT2D eigenvalue weighted by Crippen LogP contribution is 2.19. The monoisotopic (exact) mass is 315 g/mol. The van der Waals surface area contributed by atoms with E-state index in [0.717, 1.165) is 28.8 Å². The molecule has 1 aromatic rings. The molecule has 1 aliphatic rings. The highest BCUT2D eigenvalue weighted by molar-refractivity contribution is 9.10. The topological polar surface area (TPSA) is 29.1 Å². The van der Waals surface area contributed by atoms with Crippen molar-refractivity contribution >= 4 is 26.7 Å². The van der Waals surface area contributed by atoms with Crippen LogP contribution in [-0.2, 0) is 10.8 Å². The van der Waals surface area contributed by atoms with Gasteiger partial charge >= 0.3 is 0 Å². The maximum atomic E-state index is 11.3. The summed E-state index contributed by atoms with van der Waals surface area (Å²) in [5.74, 6) is 1.70. The van der Waals surface area contributed by atoms with Crippen LogP contribution in [0.3, 0.4) is 0 Å². The van der Waals surface area contributed by atoms with E-state index < -0.39 is 10.8 Å².